The molecule has 1 aliphatic rings. The average Bonchev–Trinajstić information content (AvgIpc) is 3.18. The lowest BCUT2D eigenvalue weighted by molar-refractivity contribution is 0.0883. The monoisotopic (exact) mass is 373 g/mol. The van der Waals surface area contributed by atoms with Crippen LogP contribution in [0.2, 0.25) is 0 Å². The number of nitrogens with zero attached hydrogens (tertiary/aromatic N) is 2. The molecular weight excluding hydrogens is 346 g/mol. The minimum Gasteiger partial charge on any atom is -0.493 e. The zero-order valence-electron chi connectivity index (χ0n) is 15.5. The molecule has 1 N–H and O–H groups in total. The van der Waals surface area contributed by atoms with Gasteiger partial charge in [-0.1, -0.05) is 12.1 Å². The Labute approximate surface area is 159 Å². The summed E-state index contributed by atoms with van der Waals surface area (Å²) in [4.78, 5) is 17.5. The molecule has 0 radical (unpaired) electrons. The molecule has 140 valence electrons. The number of likely N-dealkylation sites (N-methyl/N-ethyl adjacent to an activating group) is 1. The van der Waals surface area contributed by atoms with E-state index in [-0.39, 0.29) is 11.9 Å². The molecule has 0 bridgehead atoms. The Bertz CT molecular complexity index is 697. The number of ether oxygens (including phenoxy) is 1. The van der Waals surface area contributed by atoms with E-state index in [1.54, 1.807) is 11.3 Å². The number of rotatable bonds is 7. The highest BCUT2D eigenvalue weighted by atomic mass is 32.1. The zero-order valence-corrected chi connectivity index (χ0v) is 16.3. The molecule has 1 unspecified atom stereocenters. The van der Waals surface area contributed by atoms with Crippen molar-refractivity contribution >= 4 is 17.2 Å². The van der Waals surface area contributed by atoms with E-state index >= 15 is 0 Å². The maximum Gasteiger partial charge on any atom is 0.255 e. The first-order valence-electron chi connectivity index (χ1n) is 9.13. The molecule has 1 fully saturated rings. The van der Waals surface area contributed by atoms with E-state index < -0.39 is 0 Å². The van der Waals surface area contributed by atoms with Gasteiger partial charge in [0.25, 0.3) is 5.91 Å². The molecule has 26 heavy (non-hydrogen) atoms. The van der Waals surface area contributed by atoms with Gasteiger partial charge >= 0.3 is 0 Å². The molecular formula is C20H27N3O2S. The van der Waals surface area contributed by atoms with Gasteiger partial charge in [0.15, 0.2) is 0 Å². The van der Waals surface area contributed by atoms with E-state index in [0.29, 0.717) is 24.5 Å². The lowest BCUT2D eigenvalue weighted by Gasteiger charge is -2.38. The van der Waals surface area contributed by atoms with E-state index in [1.807, 2.05) is 31.2 Å². The van der Waals surface area contributed by atoms with Crippen molar-refractivity contribution in [2.75, 3.05) is 46.4 Å². The number of para-hydroxylation sites is 1. The molecule has 0 aliphatic carbocycles. The largest absolute Gasteiger partial charge is 0.493 e. The van der Waals surface area contributed by atoms with Gasteiger partial charge in [-0.2, -0.15) is 11.3 Å². The number of carbonyl (C=O) groups is 1. The maximum absolute atomic E-state index is 12.7. The van der Waals surface area contributed by atoms with Crippen molar-refractivity contribution in [2.45, 2.75) is 13.0 Å². The van der Waals surface area contributed by atoms with Crippen molar-refractivity contribution in [2.24, 2.45) is 0 Å². The summed E-state index contributed by atoms with van der Waals surface area (Å²) in [6, 6.07) is 9.78. The number of nitrogens with one attached hydrogen (secondary N) is 1. The van der Waals surface area contributed by atoms with Crippen LogP contribution in [-0.4, -0.2) is 62.1 Å². The van der Waals surface area contributed by atoms with Crippen molar-refractivity contribution in [3.63, 3.8) is 0 Å². The number of thiophene rings is 1. The summed E-state index contributed by atoms with van der Waals surface area (Å²) in [6.07, 6.45) is 0. The molecule has 5 nitrogen and oxygen atoms in total. The first-order chi connectivity index (χ1) is 12.7. The minimum absolute atomic E-state index is 0.0802. The Morgan fingerprint density at radius 2 is 2.00 bits per heavy atom. The van der Waals surface area contributed by atoms with Crippen LogP contribution in [-0.2, 0) is 0 Å². The standard InChI is InChI=1S/C20H27N3O2S/c1-3-25-19-7-5-4-6-17(19)20(24)21-14-18(16-8-13-26-15-16)23-11-9-22(2)10-12-23/h4-8,13,15,18H,3,9-12,14H2,1-2H3,(H,21,24). The summed E-state index contributed by atoms with van der Waals surface area (Å²) in [5.74, 6) is 0.558. The van der Waals surface area contributed by atoms with Gasteiger partial charge in [0.2, 0.25) is 0 Å². The fourth-order valence-corrected chi connectivity index (χ4v) is 3.98. The topological polar surface area (TPSA) is 44.8 Å². The SMILES string of the molecule is CCOc1ccccc1C(=O)NCC(c1ccsc1)N1CCN(C)CC1. The van der Waals surface area contributed by atoms with Gasteiger partial charge < -0.3 is 15.0 Å². The van der Waals surface area contributed by atoms with Crippen LogP contribution in [0, 0.1) is 0 Å². The third-order valence-electron chi connectivity index (χ3n) is 4.79. The second-order valence-electron chi connectivity index (χ2n) is 6.55. The van der Waals surface area contributed by atoms with Gasteiger partial charge in [-0.25, -0.2) is 0 Å². The highest BCUT2D eigenvalue weighted by Crippen LogP contribution is 2.24. The number of amides is 1. The van der Waals surface area contributed by atoms with E-state index in [1.165, 1.54) is 5.56 Å². The smallest absolute Gasteiger partial charge is 0.255 e. The summed E-state index contributed by atoms with van der Waals surface area (Å²) >= 11 is 1.70. The normalized spacial score (nSPS) is 17.0. The molecule has 1 atom stereocenters. The molecule has 1 saturated heterocycles. The number of hydrogen-bond acceptors (Lipinski definition) is 5. The predicted molar refractivity (Wildman–Crippen MR) is 106 cm³/mol. The van der Waals surface area contributed by atoms with Gasteiger partial charge in [0.05, 0.1) is 18.2 Å². The fourth-order valence-electron chi connectivity index (χ4n) is 3.28. The van der Waals surface area contributed by atoms with Gasteiger partial charge in [-0.3, -0.25) is 9.69 Å². The highest BCUT2D eigenvalue weighted by molar-refractivity contribution is 7.07. The number of piperazine rings is 1. The minimum atomic E-state index is -0.0802. The highest BCUT2D eigenvalue weighted by Gasteiger charge is 2.25. The van der Waals surface area contributed by atoms with E-state index in [4.69, 9.17) is 4.74 Å². The Morgan fingerprint density at radius 1 is 1.23 bits per heavy atom. The van der Waals surface area contributed by atoms with Crippen LogP contribution in [0.15, 0.2) is 41.1 Å². The van der Waals surface area contributed by atoms with E-state index in [2.05, 4.69) is 39.0 Å². The lowest BCUT2D eigenvalue weighted by atomic mass is 10.1. The third-order valence-corrected chi connectivity index (χ3v) is 5.50. The van der Waals surface area contributed by atoms with Crippen LogP contribution < -0.4 is 10.1 Å². The predicted octanol–water partition coefficient (Wildman–Crippen LogP) is 2.87. The van der Waals surface area contributed by atoms with Gasteiger partial charge in [-0.15, -0.1) is 0 Å². The molecule has 1 amide bonds. The second kappa shape index (κ2) is 9.16. The van der Waals surface area contributed by atoms with Crippen molar-refractivity contribution < 1.29 is 9.53 Å². The second-order valence-corrected chi connectivity index (χ2v) is 7.33. The van der Waals surface area contributed by atoms with Crippen LogP contribution in [0.4, 0.5) is 0 Å². The van der Waals surface area contributed by atoms with Crippen LogP contribution >= 0.6 is 11.3 Å². The maximum atomic E-state index is 12.7. The Morgan fingerprint density at radius 3 is 2.69 bits per heavy atom. The number of hydrogen-bond donors (Lipinski definition) is 1. The molecule has 2 heterocycles. The van der Waals surface area contributed by atoms with Crippen molar-refractivity contribution in [3.8, 4) is 5.75 Å². The summed E-state index contributed by atoms with van der Waals surface area (Å²) in [7, 11) is 2.16. The van der Waals surface area contributed by atoms with Gasteiger partial charge in [0.1, 0.15) is 5.75 Å². The Hall–Kier alpha value is -1.89. The number of benzene rings is 1. The molecule has 1 aromatic heterocycles. The third kappa shape index (κ3) is 4.63. The summed E-state index contributed by atoms with van der Waals surface area (Å²) < 4.78 is 5.59. The molecule has 1 aliphatic heterocycles. The van der Waals surface area contributed by atoms with Crippen LogP contribution in [0.1, 0.15) is 28.9 Å². The van der Waals surface area contributed by atoms with E-state index in [9.17, 15) is 4.79 Å². The molecule has 1 aromatic carbocycles. The Balaban J connectivity index is 1.69. The zero-order chi connectivity index (χ0) is 18.4. The van der Waals surface area contributed by atoms with Gasteiger partial charge in [0, 0.05) is 32.7 Å². The number of carbonyl (C=O) groups excluding carboxylic acids is 1. The van der Waals surface area contributed by atoms with Crippen LogP contribution in [0.3, 0.4) is 0 Å². The fraction of sp³-hybridized carbons (Fsp3) is 0.450. The van der Waals surface area contributed by atoms with Crippen LogP contribution in [0.25, 0.3) is 0 Å². The van der Waals surface area contributed by atoms with Crippen LogP contribution in [0.5, 0.6) is 5.75 Å². The molecule has 6 heteroatoms. The summed E-state index contributed by atoms with van der Waals surface area (Å²) in [5.41, 5.74) is 1.87. The molecule has 2 aromatic rings. The summed E-state index contributed by atoms with van der Waals surface area (Å²) in [6.45, 7) is 7.21. The molecule has 0 saturated carbocycles. The van der Waals surface area contributed by atoms with Crippen molar-refractivity contribution in [1.29, 1.82) is 0 Å². The average molecular weight is 374 g/mol. The molecule has 3 rings (SSSR count). The Kier molecular flexibility index (Phi) is 6.66. The van der Waals surface area contributed by atoms with Crippen molar-refractivity contribution in [3.05, 3.63) is 52.2 Å². The first-order valence-corrected chi connectivity index (χ1v) is 10.1. The molecule has 0 spiro atoms. The van der Waals surface area contributed by atoms with Gasteiger partial charge in [-0.05, 0) is 48.5 Å². The summed E-state index contributed by atoms with van der Waals surface area (Å²) in [5, 5.41) is 7.41. The lowest BCUT2D eigenvalue weighted by Crippen LogP contribution is -2.48. The first kappa shape index (κ1) is 18.9. The van der Waals surface area contributed by atoms with Crippen molar-refractivity contribution in [1.82, 2.24) is 15.1 Å². The van der Waals surface area contributed by atoms with E-state index in [0.717, 1.165) is 26.2 Å². The quantitative estimate of drug-likeness (QED) is 0.811.